The number of carbonyl (C=O) groups excluding carboxylic acids is 2. The third kappa shape index (κ3) is 5.38. The zero-order valence-corrected chi connectivity index (χ0v) is 16.2. The first-order chi connectivity index (χ1) is 13.2. The number of ether oxygens (including phenoxy) is 1. The van der Waals surface area contributed by atoms with Gasteiger partial charge in [-0.2, -0.15) is 0 Å². The molecular formula is C19H17N3O3S2. The van der Waals surface area contributed by atoms with Crippen LogP contribution in [0.25, 0.3) is 0 Å². The summed E-state index contributed by atoms with van der Waals surface area (Å²) < 4.78 is 6.28. The SMILES string of the molecule is CCSc1nnc(NC(=O)COc2ccc(C(=O)c3ccccc3)cc2)s1. The van der Waals surface area contributed by atoms with Crippen molar-refractivity contribution in [3.05, 3.63) is 65.7 Å². The maximum absolute atomic E-state index is 12.4. The van der Waals surface area contributed by atoms with Gasteiger partial charge < -0.3 is 4.74 Å². The molecule has 0 unspecified atom stereocenters. The Labute approximate surface area is 165 Å². The average molecular weight is 399 g/mol. The minimum absolute atomic E-state index is 0.0584. The summed E-state index contributed by atoms with van der Waals surface area (Å²) >= 11 is 2.90. The van der Waals surface area contributed by atoms with E-state index in [-0.39, 0.29) is 18.3 Å². The summed E-state index contributed by atoms with van der Waals surface area (Å²) in [5.41, 5.74) is 1.19. The molecule has 1 N–H and O–H groups in total. The largest absolute Gasteiger partial charge is 0.484 e. The van der Waals surface area contributed by atoms with Crippen molar-refractivity contribution in [2.75, 3.05) is 17.7 Å². The number of amides is 1. The predicted octanol–water partition coefficient (Wildman–Crippen LogP) is 3.90. The van der Waals surface area contributed by atoms with Crippen LogP contribution in [0.5, 0.6) is 5.75 Å². The standard InChI is InChI=1S/C19H17N3O3S2/c1-2-26-19-22-21-18(27-19)20-16(23)12-25-15-10-8-14(9-11-15)17(24)13-6-4-3-5-7-13/h3-11H,2,12H2,1H3,(H,20,21,23). The molecule has 0 aliphatic heterocycles. The first-order valence-electron chi connectivity index (χ1n) is 8.24. The summed E-state index contributed by atoms with van der Waals surface area (Å²) in [6.45, 7) is 1.87. The Morgan fingerprint density at radius 1 is 1.04 bits per heavy atom. The van der Waals surface area contributed by atoms with Crippen LogP contribution < -0.4 is 10.1 Å². The molecule has 0 bridgehead atoms. The number of anilines is 1. The van der Waals surface area contributed by atoms with Crippen molar-refractivity contribution in [2.24, 2.45) is 0 Å². The van der Waals surface area contributed by atoms with Crippen molar-refractivity contribution < 1.29 is 14.3 Å². The number of carbonyl (C=O) groups is 2. The summed E-state index contributed by atoms with van der Waals surface area (Å²) in [4.78, 5) is 24.3. The lowest BCUT2D eigenvalue weighted by atomic mass is 10.0. The van der Waals surface area contributed by atoms with E-state index in [0.29, 0.717) is 22.0 Å². The average Bonchev–Trinajstić information content (AvgIpc) is 3.14. The fraction of sp³-hybridized carbons (Fsp3) is 0.158. The Hall–Kier alpha value is -2.71. The van der Waals surface area contributed by atoms with Crippen LogP contribution in [0.3, 0.4) is 0 Å². The first-order valence-corrected chi connectivity index (χ1v) is 10.0. The van der Waals surface area contributed by atoms with Gasteiger partial charge in [-0.25, -0.2) is 0 Å². The molecule has 27 heavy (non-hydrogen) atoms. The summed E-state index contributed by atoms with van der Waals surface area (Å²) in [5, 5.41) is 11.0. The van der Waals surface area contributed by atoms with E-state index in [9.17, 15) is 9.59 Å². The van der Waals surface area contributed by atoms with Crippen LogP contribution in [0.15, 0.2) is 58.9 Å². The molecule has 0 aliphatic rings. The lowest BCUT2D eigenvalue weighted by Crippen LogP contribution is -2.20. The molecule has 138 valence electrons. The van der Waals surface area contributed by atoms with Gasteiger partial charge in [-0.1, -0.05) is 60.4 Å². The zero-order chi connectivity index (χ0) is 19.1. The van der Waals surface area contributed by atoms with Crippen LogP contribution >= 0.6 is 23.1 Å². The van der Waals surface area contributed by atoms with E-state index in [1.54, 1.807) is 48.2 Å². The third-order valence-corrected chi connectivity index (χ3v) is 5.30. The van der Waals surface area contributed by atoms with Crippen molar-refractivity contribution in [1.29, 1.82) is 0 Å². The van der Waals surface area contributed by atoms with E-state index in [4.69, 9.17) is 4.74 Å². The lowest BCUT2D eigenvalue weighted by molar-refractivity contribution is -0.118. The summed E-state index contributed by atoms with van der Waals surface area (Å²) in [6.07, 6.45) is 0. The third-order valence-electron chi connectivity index (χ3n) is 3.44. The van der Waals surface area contributed by atoms with Crippen molar-refractivity contribution in [3.63, 3.8) is 0 Å². The molecule has 0 atom stereocenters. The Morgan fingerprint density at radius 2 is 1.74 bits per heavy atom. The minimum atomic E-state index is -0.316. The number of thioether (sulfide) groups is 1. The smallest absolute Gasteiger partial charge is 0.264 e. The summed E-state index contributed by atoms with van der Waals surface area (Å²) in [5.74, 6) is 1.03. The van der Waals surface area contributed by atoms with Gasteiger partial charge in [0.25, 0.3) is 5.91 Å². The van der Waals surface area contributed by atoms with Crippen LogP contribution in [0.4, 0.5) is 5.13 Å². The number of nitrogens with zero attached hydrogens (tertiary/aromatic N) is 2. The highest BCUT2D eigenvalue weighted by molar-refractivity contribution is 8.01. The topological polar surface area (TPSA) is 81.2 Å². The fourth-order valence-electron chi connectivity index (χ4n) is 2.21. The van der Waals surface area contributed by atoms with Gasteiger partial charge in [0, 0.05) is 11.1 Å². The number of nitrogens with one attached hydrogen (secondary N) is 1. The molecule has 0 saturated carbocycles. The Kier molecular flexibility index (Phi) is 6.56. The molecule has 0 spiro atoms. The quantitative estimate of drug-likeness (QED) is 0.351. The molecule has 0 aliphatic carbocycles. The summed E-state index contributed by atoms with van der Waals surface area (Å²) in [6, 6.07) is 15.8. The van der Waals surface area contributed by atoms with E-state index >= 15 is 0 Å². The molecule has 1 heterocycles. The van der Waals surface area contributed by atoms with Gasteiger partial charge in [0.2, 0.25) is 5.13 Å². The number of hydrogen-bond donors (Lipinski definition) is 1. The second kappa shape index (κ2) is 9.29. The van der Waals surface area contributed by atoms with Gasteiger partial charge in [-0.15, -0.1) is 10.2 Å². The van der Waals surface area contributed by atoms with Gasteiger partial charge >= 0.3 is 0 Å². The van der Waals surface area contributed by atoms with Crippen LogP contribution in [0.2, 0.25) is 0 Å². The maximum Gasteiger partial charge on any atom is 0.264 e. The monoisotopic (exact) mass is 399 g/mol. The fourth-order valence-corrected chi connectivity index (χ4v) is 3.87. The van der Waals surface area contributed by atoms with Gasteiger partial charge in [-0.05, 0) is 30.0 Å². The second-order valence-corrected chi connectivity index (χ2v) is 7.85. The molecule has 0 radical (unpaired) electrons. The number of ketones is 1. The van der Waals surface area contributed by atoms with E-state index in [0.717, 1.165) is 10.1 Å². The van der Waals surface area contributed by atoms with E-state index in [2.05, 4.69) is 15.5 Å². The molecule has 0 fully saturated rings. The van der Waals surface area contributed by atoms with Crippen LogP contribution in [0.1, 0.15) is 22.8 Å². The van der Waals surface area contributed by atoms with Gasteiger partial charge in [0.15, 0.2) is 16.7 Å². The van der Waals surface area contributed by atoms with Crippen LogP contribution in [0, 0.1) is 0 Å². The van der Waals surface area contributed by atoms with E-state index in [1.165, 1.54) is 11.3 Å². The van der Waals surface area contributed by atoms with Crippen molar-refractivity contribution in [1.82, 2.24) is 10.2 Å². The number of benzene rings is 2. The molecule has 3 aromatic rings. The molecule has 1 aromatic heterocycles. The highest BCUT2D eigenvalue weighted by Crippen LogP contribution is 2.25. The number of hydrogen-bond acceptors (Lipinski definition) is 7. The van der Waals surface area contributed by atoms with Crippen LogP contribution in [-0.4, -0.2) is 34.2 Å². The Balaban J connectivity index is 1.52. The minimum Gasteiger partial charge on any atom is -0.484 e. The highest BCUT2D eigenvalue weighted by Gasteiger charge is 2.11. The summed E-state index contributed by atoms with van der Waals surface area (Å²) in [7, 11) is 0. The van der Waals surface area contributed by atoms with E-state index < -0.39 is 0 Å². The molecular weight excluding hydrogens is 382 g/mol. The van der Waals surface area contributed by atoms with Crippen LogP contribution in [-0.2, 0) is 4.79 Å². The molecule has 8 heteroatoms. The molecule has 3 rings (SSSR count). The maximum atomic E-state index is 12.4. The molecule has 0 saturated heterocycles. The van der Waals surface area contributed by atoms with Crippen molar-refractivity contribution in [2.45, 2.75) is 11.3 Å². The van der Waals surface area contributed by atoms with E-state index in [1.807, 2.05) is 25.1 Å². The Morgan fingerprint density at radius 3 is 2.44 bits per heavy atom. The second-order valence-electron chi connectivity index (χ2n) is 5.36. The van der Waals surface area contributed by atoms with Gasteiger partial charge in [0.1, 0.15) is 5.75 Å². The predicted molar refractivity (Wildman–Crippen MR) is 107 cm³/mol. The lowest BCUT2D eigenvalue weighted by Gasteiger charge is -2.07. The molecule has 6 nitrogen and oxygen atoms in total. The number of rotatable bonds is 8. The number of aromatic nitrogens is 2. The molecule has 2 aromatic carbocycles. The zero-order valence-electron chi connectivity index (χ0n) is 14.5. The Bertz CT molecular complexity index is 911. The molecule has 1 amide bonds. The highest BCUT2D eigenvalue weighted by atomic mass is 32.2. The van der Waals surface area contributed by atoms with Crippen molar-refractivity contribution in [3.8, 4) is 5.75 Å². The van der Waals surface area contributed by atoms with Gasteiger partial charge in [0.05, 0.1) is 0 Å². The van der Waals surface area contributed by atoms with Crippen molar-refractivity contribution >= 4 is 39.9 Å². The first kappa shape index (κ1) is 19.1. The normalized spacial score (nSPS) is 10.4. The van der Waals surface area contributed by atoms with Gasteiger partial charge in [-0.3, -0.25) is 14.9 Å².